The number of carbonyl (C=O) groups is 2. The molecule has 2 amide bonds. The average Bonchev–Trinajstić information content (AvgIpc) is 3.21. The van der Waals surface area contributed by atoms with Gasteiger partial charge in [0.1, 0.15) is 18.4 Å². The van der Waals surface area contributed by atoms with E-state index in [0.717, 1.165) is 20.9 Å². The molecule has 0 fully saturated rings. The molecule has 9 heteroatoms. The van der Waals surface area contributed by atoms with E-state index in [1.54, 1.807) is 19.1 Å². The first kappa shape index (κ1) is 24.1. The number of aromatic nitrogens is 1. The molecule has 3 rings (SSSR count). The molecule has 1 atom stereocenters. The molecule has 0 saturated carbocycles. The Kier molecular flexibility index (Phi) is 8.65. The van der Waals surface area contributed by atoms with Crippen LogP contribution in [0.15, 0.2) is 70.9 Å². The number of rotatable bonds is 10. The molecular formula is C24H25BrN4O4. The summed E-state index contributed by atoms with van der Waals surface area (Å²) >= 11 is 3.41. The summed E-state index contributed by atoms with van der Waals surface area (Å²) in [5.74, 6) is 0.115. The number of ether oxygens (including phenoxy) is 2. The molecule has 3 aromatic rings. The van der Waals surface area contributed by atoms with Crippen molar-refractivity contribution in [3.05, 3.63) is 76.9 Å². The summed E-state index contributed by atoms with van der Waals surface area (Å²) in [6.45, 7) is 5.87. The number of amides is 2. The zero-order valence-electron chi connectivity index (χ0n) is 18.1. The third-order valence-electron chi connectivity index (χ3n) is 4.69. The van der Waals surface area contributed by atoms with Crippen LogP contribution in [0.4, 0.5) is 4.79 Å². The van der Waals surface area contributed by atoms with E-state index in [2.05, 4.69) is 43.3 Å². The van der Waals surface area contributed by atoms with Crippen molar-refractivity contribution in [1.82, 2.24) is 15.7 Å². The zero-order valence-corrected chi connectivity index (χ0v) is 19.7. The Bertz CT molecular complexity index is 1160. The van der Waals surface area contributed by atoms with Gasteiger partial charge in [0.15, 0.2) is 0 Å². The van der Waals surface area contributed by atoms with E-state index in [9.17, 15) is 9.59 Å². The van der Waals surface area contributed by atoms with Crippen molar-refractivity contribution in [3.63, 3.8) is 0 Å². The molecule has 172 valence electrons. The van der Waals surface area contributed by atoms with Gasteiger partial charge in [-0.1, -0.05) is 46.8 Å². The summed E-state index contributed by atoms with van der Waals surface area (Å²) < 4.78 is 11.4. The number of nitrogens with one attached hydrogen (secondary N) is 3. The number of hydrogen-bond acceptors (Lipinski definition) is 5. The second-order valence-corrected chi connectivity index (χ2v) is 7.91. The minimum atomic E-state index is -0.889. The van der Waals surface area contributed by atoms with Crippen molar-refractivity contribution in [2.45, 2.75) is 19.4 Å². The normalized spacial score (nSPS) is 11.8. The van der Waals surface area contributed by atoms with Gasteiger partial charge >= 0.3 is 6.09 Å². The number of hydrazone groups is 1. The molecule has 0 aliphatic heterocycles. The van der Waals surface area contributed by atoms with Crippen molar-refractivity contribution in [1.29, 1.82) is 0 Å². The Labute approximate surface area is 200 Å². The van der Waals surface area contributed by atoms with Crippen molar-refractivity contribution in [3.8, 4) is 5.75 Å². The Morgan fingerprint density at radius 1 is 1.27 bits per heavy atom. The van der Waals surface area contributed by atoms with Crippen molar-refractivity contribution < 1.29 is 19.1 Å². The maximum Gasteiger partial charge on any atom is 0.407 e. The summed E-state index contributed by atoms with van der Waals surface area (Å²) in [7, 11) is 0. The van der Waals surface area contributed by atoms with Gasteiger partial charge < -0.3 is 19.8 Å². The fourth-order valence-electron chi connectivity index (χ4n) is 3.19. The Morgan fingerprint density at radius 3 is 2.88 bits per heavy atom. The molecule has 2 aromatic carbocycles. The van der Waals surface area contributed by atoms with Crippen LogP contribution in [0.2, 0.25) is 0 Å². The molecule has 0 radical (unpaired) electrons. The highest BCUT2D eigenvalue weighted by atomic mass is 79.9. The van der Waals surface area contributed by atoms with E-state index < -0.39 is 18.0 Å². The molecule has 0 aliphatic rings. The van der Waals surface area contributed by atoms with E-state index in [1.165, 1.54) is 6.21 Å². The predicted molar refractivity (Wildman–Crippen MR) is 132 cm³/mol. The van der Waals surface area contributed by atoms with Crippen molar-refractivity contribution >= 4 is 45.0 Å². The number of halogens is 1. The highest BCUT2D eigenvalue weighted by Crippen LogP contribution is 2.22. The smallest absolute Gasteiger partial charge is 0.407 e. The van der Waals surface area contributed by atoms with E-state index in [-0.39, 0.29) is 13.0 Å². The largest absolute Gasteiger partial charge is 0.489 e. The van der Waals surface area contributed by atoms with Gasteiger partial charge in [0, 0.05) is 33.6 Å². The maximum absolute atomic E-state index is 12.9. The highest BCUT2D eigenvalue weighted by Gasteiger charge is 2.23. The molecule has 33 heavy (non-hydrogen) atoms. The molecule has 1 heterocycles. The van der Waals surface area contributed by atoms with Gasteiger partial charge in [-0.2, -0.15) is 5.10 Å². The van der Waals surface area contributed by atoms with Crippen LogP contribution >= 0.6 is 15.9 Å². The molecule has 0 bridgehead atoms. The first-order valence-corrected chi connectivity index (χ1v) is 11.2. The third kappa shape index (κ3) is 6.69. The maximum atomic E-state index is 12.9. The molecule has 0 spiro atoms. The molecular weight excluding hydrogens is 488 g/mol. The van der Waals surface area contributed by atoms with Gasteiger partial charge in [-0.25, -0.2) is 10.2 Å². The fraction of sp³-hybridized carbons (Fsp3) is 0.208. The summed E-state index contributed by atoms with van der Waals surface area (Å²) in [5.41, 5.74) is 5.00. The molecule has 0 aliphatic carbocycles. The Hall–Kier alpha value is -3.59. The Balaban J connectivity index is 1.75. The van der Waals surface area contributed by atoms with Gasteiger partial charge in [-0.05, 0) is 36.8 Å². The number of alkyl carbamates (subject to hydrolysis) is 1. The molecule has 0 saturated heterocycles. The van der Waals surface area contributed by atoms with Crippen LogP contribution in [0.25, 0.3) is 10.9 Å². The van der Waals surface area contributed by atoms with Crippen LogP contribution in [-0.2, 0) is 16.0 Å². The molecule has 8 nitrogen and oxygen atoms in total. The number of para-hydroxylation sites is 1. The number of H-pyrrole nitrogens is 1. The molecule has 3 N–H and O–H groups in total. The lowest BCUT2D eigenvalue weighted by atomic mass is 10.0. The van der Waals surface area contributed by atoms with Gasteiger partial charge in [0.05, 0.1) is 12.8 Å². The van der Waals surface area contributed by atoms with E-state index >= 15 is 0 Å². The standard InChI is InChI=1S/C24H25BrN4O4/c1-3-11-33-22-10-9-18(25)12-17(22)15-27-29-23(30)21(28-24(31)32-4-2)13-16-14-26-20-8-6-5-7-19(16)20/h3,5-10,12,14-15,21,26H,1,4,11,13H2,2H3,(H,28,31)(H,29,30)/b27-15-/t21-/m1/s1. The second kappa shape index (κ2) is 11.9. The van der Waals surface area contributed by atoms with Crippen LogP contribution in [0, 0.1) is 0 Å². The lowest BCUT2D eigenvalue weighted by molar-refractivity contribution is -0.123. The monoisotopic (exact) mass is 512 g/mol. The summed E-state index contributed by atoms with van der Waals surface area (Å²) in [5, 5.41) is 7.65. The fourth-order valence-corrected chi connectivity index (χ4v) is 3.57. The minimum Gasteiger partial charge on any atom is -0.489 e. The number of aromatic amines is 1. The van der Waals surface area contributed by atoms with Crippen molar-refractivity contribution in [2.24, 2.45) is 5.10 Å². The van der Waals surface area contributed by atoms with Crippen LogP contribution < -0.4 is 15.5 Å². The SMILES string of the molecule is C=CCOc1ccc(Br)cc1/C=N\NC(=O)[C@@H](Cc1c[nH]c2ccccc12)NC(=O)OCC. The van der Waals surface area contributed by atoms with Crippen LogP contribution in [0.5, 0.6) is 5.75 Å². The van der Waals surface area contributed by atoms with Gasteiger partial charge in [0.25, 0.3) is 5.91 Å². The third-order valence-corrected chi connectivity index (χ3v) is 5.18. The summed E-state index contributed by atoms with van der Waals surface area (Å²) in [6.07, 6.45) is 4.53. The van der Waals surface area contributed by atoms with Crippen LogP contribution in [0.1, 0.15) is 18.1 Å². The minimum absolute atomic E-state index is 0.196. The highest BCUT2D eigenvalue weighted by molar-refractivity contribution is 9.10. The Morgan fingerprint density at radius 2 is 2.09 bits per heavy atom. The quantitative estimate of drug-likeness (QED) is 0.214. The topological polar surface area (TPSA) is 105 Å². The van der Waals surface area contributed by atoms with Gasteiger partial charge in [-0.3, -0.25) is 4.79 Å². The first-order valence-electron chi connectivity index (χ1n) is 10.4. The van der Waals surface area contributed by atoms with E-state index in [1.807, 2.05) is 42.6 Å². The number of carbonyl (C=O) groups excluding carboxylic acids is 2. The van der Waals surface area contributed by atoms with E-state index in [4.69, 9.17) is 9.47 Å². The van der Waals surface area contributed by atoms with Gasteiger partial charge in [0.2, 0.25) is 0 Å². The first-order chi connectivity index (χ1) is 16.0. The zero-order chi connectivity index (χ0) is 23.6. The van der Waals surface area contributed by atoms with Crippen LogP contribution in [-0.4, -0.2) is 42.5 Å². The van der Waals surface area contributed by atoms with E-state index in [0.29, 0.717) is 17.9 Å². The molecule has 1 aromatic heterocycles. The average molecular weight is 513 g/mol. The second-order valence-electron chi connectivity index (χ2n) is 7.00. The lowest BCUT2D eigenvalue weighted by Crippen LogP contribution is -2.47. The molecule has 0 unspecified atom stereocenters. The van der Waals surface area contributed by atoms with Crippen LogP contribution in [0.3, 0.4) is 0 Å². The predicted octanol–water partition coefficient (Wildman–Crippen LogP) is 4.30. The number of nitrogens with zero attached hydrogens (tertiary/aromatic N) is 1. The van der Waals surface area contributed by atoms with Crippen molar-refractivity contribution in [2.75, 3.05) is 13.2 Å². The number of fused-ring (bicyclic) bond motifs is 1. The number of benzene rings is 2. The van der Waals surface area contributed by atoms with Gasteiger partial charge in [-0.15, -0.1) is 0 Å². The lowest BCUT2D eigenvalue weighted by Gasteiger charge is -2.16. The summed E-state index contributed by atoms with van der Waals surface area (Å²) in [4.78, 5) is 28.1. The summed E-state index contributed by atoms with van der Waals surface area (Å²) in [6, 6.07) is 12.3. The number of hydrogen-bond donors (Lipinski definition) is 3.